The van der Waals surface area contributed by atoms with Gasteiger partial charge in [0.1, 0.15) is 5.92 Å². The van der Waals surface area contributed by atoms with E-state index in [1.165, 1.54) is 13.7 Å². The minimum absolute atomic E-state index is 0.0984. The standard InChI is InChI=1S/C21H35N3O4/c1-15(2)20(21(25)27-4)18-13-19(22-28-18)24-11-5-16(6-12-24)14-23-9-7-17(26-3)8-10-23/h13,15-17,20H,5-12,14H2,1-4H3. The molecule has 2 aliphatic heterocycles. The van der Waals surface area contributed by atoms with Gasteiger partial charge in [0.15, 0.2) is 11.6 Å². The number of methoxy groups -OCH3 is 2. The Morgan fingerprint density at radius 3 is 2.43 bits per heavy atom. The first-order valence-electron chi connectivity index (χ1n) is 10.6. The Morgan fingerprint density at radius 2 is 1.86 bits per heavy atom. The summed E-state index contributed by atoms with van der Waals surface area (Å²) in [4.78, 5) is 16.9. The van der Waals surface area contributed by atoms with E-state index >= 15 is 0 Å². The number of anilines is 1. The van der Waals surface area contributed by atoms with E-state index in [9.17, 15) is 4.79 Å². The molecule has 158 valence electrons. The number of likely N-dealkylation sites (tertiary alicyclic amines) is 1. The van der Waals surface area contributed by atoms with Crippen LogP contribution >= 0.6 is 0 Å². The Balaban J connectivity index is 1.50. The Hall–Kier alpha value is -1.60. The summed E-state index contributed by atoms with van der Waals surface area (Å²) in [6, 6.07) is 1.91. The topological polar surface area (TPSA) is 68.0 Å². The van der Waals surface area contributed by atoms with Gasteiger partial charge in [-0.15, -0.1) is 0 Å². The van der Waals surface area contributed by atoms with Crippen LogP contribution in [0.3, 0.4) is 0 Å². The third kappa shape index (κ3) is 5.06. The maximum atomic E-state index is 12.1. The van der Waals surface area contributed by atoms with Crippen molar-refractivity contribution in [1.82, 2.24) is 10.1 Å². The van der Waals surface area contributed by atoms with Gasteiger partial charge >= 0.3 is 5.97 Å². The van der Waals surface area contributed by atoms with Gasteiger partial charge in [0.2, 0.25) is 0 Å². The molecule has 1 aromatic rings. The van der Waals surface area contributed by atoms with Crippen molar-refractivity contribution >= 4 is 11.8 Å². The smallest absolute Gasteiger partial charge is 0.316 e. The lowest BCUT2D eigenvalue weighted by Gasteiger charge is -2.37. The molecule has 0 aliphatic carbocycles. The Kier molecular flexibility index (Phi) is 7.35. The summed E-state index contributed by atoms with van der Waals surface area (Å²) >= 11 is 0. The van der Waals surface area contributed by atoms with Crippen molar-refractivity contribution in [3.8, 4) is 0 Å². The molecule has 3 rings (SSSR count). The number of esters is 1. The van der Waals surface area contributed by atoms with Crippen LogP contribution in [0.5, 0.6) is 0 Å². The van der Waals surface area contributed by atoms with Crippen LogP contribution in [0.2, 0.25) is 0 Å². The first-order chi connectivity index (χ1) is 13.5. The number of hydrogen-bond acceptors (Lipinski definition) is 7. The fourth-order valence-corrected chi connectivity index (χ4v) is 4.46. The summed E-state index contributed by atoms with van der Waals surface area (Å²) < 4.78 is 15.9. The van der Waals surface area contributed by atoms with E-state index in [0.717, 1.165) is 63.6 Å². The molecule has 1 atom stereocenters. The van der Waals surface area contributed by atoms with Gasteiger partial charge in [-0.2, -0.15) is 0 Å². The number of carbonyl (C=O) groups is 1. The third-order valence-electron chi connectivity index (χ3n) is 6.27. The minimum Gasteiger partial charge on any atom is -0.468 e. The van der Waals surface area contributed by atoms with Gasteiger partial charge in [0.05, 0.1) is 13.2 Å². The van der Waals surface area contributed by atoms with Gasteiger partial charge in [-0.25, -0.2) is 0 Å². The van der Waals surface area contributed by atoms with Crippen molar-refractivity contribution < 1.29 is 18.8 Å². The molecular weight excluding hydrogens is 358 g/mol. The molecule has 7 nitrogen and oxygen atoms in total. The zero-order valence-electron chi connectivity index (χ0n) is 17.7. The number of hydrogen-bond donors (Lipinski definition) is 0. The van der Waals surface area contributed by atoms with Gasteiger partial charge in [0, 0.05) is 45.9 Å². The van der Waals surface area contributed by atoms with Crippen LogP contribution in [0.15, 0.2) is 10.6 Å². The number of rotatable bonds is 7. The lowest BCUT2D eigenvalue weighted by atomic mass is 9.93. The van der Waals surface area contributed by atoms with E-state index in [1.54, 1.807) is 0 Å². The minimum atomic E-state index is -0.404. The van der Waals surface area contributed by atoms with Crippen LogP contribution in [0.25, 0.3) is 0 Å². The first-order valence-corrected chi connectivity index (χ1v) is 10.6. The van der Waals surface area contributed by atoms with E-state index in [2.05, 4.69) is 15.0 Å². The maximum Gasteiger partial charge on any atom is 0.316 e. The van der Waals surface area contributed by atoms with Gasteiger partial charge in [-0.05, 0) is 37.5 Å². The number of aromatic nitrogens is 1. The molecule has 0 N–H and O–H groups in total. The molecule has 28 heavy (non-hydrogen) atoms. The molecule has 0 radical (unpaired) electrons. The molecule has 0 amide bonds. The van der Waals surface area contributed by atoms with E-state index in [1.807, 2.05) is 27.0 Å². The van der Waals surface area contributed by atoms with Crippen molar-refractivity contribution in [3.05, 3.63) is 11.8 Å². The fourth-order valence-electron chi connectivity index (χ4n) is 4.46. The third-order valence-corrected chi connectivity index (χ3v) is 6.27. The summed E-state index contributed by atoms with van der Waals surface area (Å²) in [5.41, 5.74) is 0. The second kappa shape index (κ2) is 9.74. The number of nitrogens with zero attached hydrogens (tertiary/aromatic N) is 3. The molecule has 3 heterocycles. The fraction of sp³-hybridized carbons (Fsp3) is 0.810. The van der Waals surface area contributed by atoms with Crippen LogP contribution in [-0.2, 0) is 14.3 Å². The largest absolute Gasteiger partial charge is 0.468 e. The summed E-state index contributed by atoms with van der Waals surface area (Å²) in [6.07, 6.45) is 5.07. The lowest BCUT2D eigenvalue weighted by Crippen LogP contribution is -2.42. The summed E-state index contributed by atoms with van der Waals surface area (Å²) in [6.45, 7) is 9.43. The molecule has 0 spiro atoms. The zero-order valence-corrected chi connectivity index (χ0v) is 17.7. The highest BCUT2D eigenvalue weighted by atomic mass is 16.5. The van der Waals surface area contributed by atoms with Crippen LogP contribution in [0.4, 0.5) is 5.82 Å². The SMILES string of the molecule is COC(=O)C(c1cc(N2CCC(CN3CCC(OC)CC3)CC2)no1)C(C)C. The highest BCUT2D eigenvalue weighted by Gasteiger charge is 2.31. The van der Waals surface area contributed by atoms with E-state index < -0.39 is 5.92 Å². The van der Waals surface area contributed by atoms with E-state index in [0.29, 0.717) is 11.9 Å². The monoisotopic (exact) mass is 393 g/mol. The molecule has 1 unspecified atom stereocenters. The molecule has 2 fully saturated rings. The molecule has 0 aromatic carbocycles. The van der Waals surface area contributed by atoms with Crippen LogP contribution < -0.4 is 4.90 Å². The number of ether oxygens (including phenoxy) is 2. The van der Waals surface area contributed by atoms with Gasteiger partial charge < -0.3 is 23.8 Å². The van der Waals surface area contributed by atoms with Crippen molar-refractivity contribution in [2.75, 3.05) is 51.8 Å². The Morgan fingerprint density at radius 1 is 1.18 bits per heavy atom. The lowest BCUT2D eigenvalue weighted by molar-refractivity contribution is -0.144. The Labute approximate surface area is 168 Å². The van der Waals surface area contributed by atoms with Gasteiger partial charge in [-0.1, -0.05) is 19.0 Å². The highest BCUT2D eigenvalue weighted by molar-refractivity contribution is 5.77. The molecule has 1 aromatic heterocycles. The predicted molar refractivity (Wildman–Crippen MR) is 108 cm³/mol. The van der Waals surface area contributed by atoms with E-state index in [-0.39, 0.29) is 11.9 Å². The number of carbonyl (C=O) groups excluding carboxylic acids is 1. The van der Waals surface area contributed by atoms with Gasteiger partial charge in [-0.3, -0.25) is 4.79 Å². The summed E-state index contributed by atoms with van der Waals surface area (Å²) in [7, 11) is 3.23. The van der Waals surface area contributed by atoms with Crippen molar-refractivity contribution in [3.63, 3.8) is 0 Å². The Bertz CT molecular complexity index is 617. The highest BCUT2D eigenvalue weighted by Crippen LogP contribution is 2.30. The average Bonchev–Trinajstić information content (AvgIpc) is 3.18. The van der Waals surface area contributed by atoms with Gasteiger partial charge in [0.25, 0.3) is 0 Å². The molecule has 2 aliphatic rings. The van der Waals surface area contributed by atoms with E-state index in [4.69, 9.17) is 14.0 Å². The molecule has 2 saturated heterocycles. The van der Waals surface area contributed by atoms with Crippen LogP contribution in [-0.4, -0.2) is 69.1 Å². The maximum absolute atomic E-state index is 12.1. The van der Waals surface area contributed by atoms with Crippen molar-refractivity contribution in [2.24, 2.45) is 11.8 Å². The quantitative estimate of drug-likeness (QED) is 0.660. The molecule has 7 heteroatoms. The van der Waals surface area contributed by atoms with Crippen LogP contribution in [0, 0.1) is 11.8 Å². The molecule has 0 saturated carbocycles. The zero-order chi connectivity index (χ0) is 20.1. The number of piperidine rings is 2. The molecule has 0 bridgehead atoms. The van der Waals surface area contributed by atoms with Crippen molar-refractivity contribution in [2.45, 2.75) is 51.6 Å². The summed E-state index contributed by atoms with van der Waals surface area (Å²) in [5, 5.41) is 4.24. The second-order valence-electron chi connectivity index (χ2n) is 8.50. The van der Waals surface area contributed by atoms with Crippen molar-refractivity contribution in [1.29, 1.82) is 0 Å². The average molecular weight is 394 g/mol. The molecular formula is C21H35N3O4. The normalized spacial score (nSPS) is 21.2. The first kappa shape index (κ1) is 21.1. The second-order valence-corrected chi connectivity index (χ2v) is 8.50. The predicted octanol–water partition coefficient (Wildman–Crippen LogP) is 2.91. The summed E-state index contributed by atoms with van der Waals surface area (Å²) in [5.74, 6) is 1.60. The van der Waals surface area contributed by atoms with Crippen LogP contribution in [0.1, 0.15) is 51.2 Å².